The van der Waals surface area contributed by atoms with Crippen LogP contribution in [0.1, 0.15) is 27.7 Å². The van der Waals surface area contributed by atoms with E-state index in [0.29, 0.717) is 0 Å². The second kappa shape index (κ2) is 4.49. The molecule has 0 aliphatic heterocycles. The first-order valence-corrected chi connectivity index (χ1v) is 6.27. The Hall–Kier alpha value is -0.620. The van der Waals surface area contributed by atoms with E-state index in [1.54, 1.807) is 20.8 Å². The minimum Gasteiger partial charge on any atom is -0.480 e. The molecule has 0 aliphatic carbocycles. The number of carboxylic acid groups (broad SMARTS) is 1. The van der Waals surface area contributed by atoms with Crippen LogP contribution < -0.4 is 0 Å². The highest BCUT2D eigenvalue weighted by atomic mass is 32.2. The summed E-state index contributed by atoms with van der Waals surface area (Å²) in [5.74, 6) is -1.20. The molecule has 0 aromatic heterocycles. The van der Waals surface area contributed by atoms with Gasteiger partial charge in [-0.2, -0.15) is 4.31 Å². The minimum absolute atomic E-state index is 0.0614. The van der Waals surface area contributed by atoms with Gasteiger partial charge in [-0.1, -0.05) is 20.8 Å². The fraction of sp³-hybridized carbons (Fsp3) is 0.889. The van der Waals surface area contributed by atoms with Gasteiger partial charge in [0, 0.05) is 7.05 Å². The standard InChI is InChI=1S/C9H19NO4S/c1-7(8(11)12)10(5)15(13,14)6-9(2,3)4/h7H,6H2,1-5H3,(H,11,12). The van der Waals surface area contributed by atoms with Crippen molar-refractivity contribution >= 4 is 16.0 Å². The summed E-state index contributed by atoms with van der Waals surface area (Å²) in [5, 5.41) is 8.71. The van der Waals surface area contributed by atoms with Crippen molar-refractivity contribution < 1.29 is 18.3 Å². The average Bonchev–Trinajstić information content (AvgIpc) is 1.96. The summed E-state index contributed by atoms with van der Waals surface area (Å²) in [5.41, 5.74) is -0.384. The molecule has 0 radical (unpaired) electrons. The summed E-state index contributed by atoms with van der Waals surface area (Å²) in [7, 11) is -2.22. The molecular weight excluding hydrogens is 218 g/mol. The second-order valence-electron chi connectivity index (χ2n) is 4.85. The molecule has 1 N–H and O–H groups in total. The van der Waals surface area contributed by atoms with Crippen LogP contribution in [0.3, 0.4) is 0 Å². The second-order valence-corrected chi connectivity index (χ2v) is 6.88. The lowest BCUT2D eigenvalue weighted by molar-refractivity contribution is -0.140. The van der Waals surface area contributed by atoms with Crippen molar-refractivity contribution in [2.75, 3.05) is 12.8 Å². The summed E-state index contributed by atoms with van der Waals surface area (Å²) < 4.78 is 24.4. The molecule has 1 atom stereocenters. The minimum atomic E-state index is -3.51. The molecule has 1 unspecified atom stereocenters. The molecule has 0 spiro atoms. The Morgan fingerprint density at radius 3 is 2.07 bits per heavy atom. The molecule has 15 heavy (non-hydrogen) atoms. The zero-order valence-electron chi connectivity index (χ0n) is 9.81. The van der Waals surface area contributed by atoms with E-state index in [1.165, 1.54) is 14.0 Å². The fourth-order valence-electron chi connectivity index (χ4n) is 1.05. The number of carboxylic acids is 1. The van der Waals surface area contributed by atoms with Crippen molar-refractivity contribution in [3.05, 3.63) is 0 Å². The Labute approximate surface area is 91.1 Å². The third-order valence-corrected chi connectivity index (χ3v) is 4.38. The molecule has 6 heteroatoms. The zero-order chi connectivity index (χ0) is 12.4. The smallest absolute Gasteiger partial charge is 0.321 e. The third kappa shape index (κ3) is 4.61. The van der Waals surface area contributed by atoms with Crippen LogP contribution in [0, 0.1) is 5.41 Å². The first-order valence-electron chi connectivity index (χ1n) is 4.66. The molecule has 0 saturated carbocycles. The molecule has 0 aromatic rings. The Morgan fingerprint density at radius 2 is 1.80 bits per heavy atom. The van der Waals surface area contributed by atoms with Crippen molar-refractivity contribution in [3.63, 3.8) is 0 Å². The first kappa shape index (κ1) is 14.4. The van der Waals surface area contributed by atoms with Crippen molar-refractivity contribution in [1.82, 2.24) is 4.31 Å². The van der Waals surface area contributed by atoms with Crippen LogP contribution in [-0.4, -0.2) is 42.6 Å². The van der Waals surface area contributed by atoms with E-state index in [0.717, 1.165) is 4.31 Å². The van der Waals surface area contributed by atoms with E-state index in [2.05, 4.69) is 0 Å². The molecular formula is C9H19NO4S. The van der Waals surface area contributed by atoms with Gasteiger partial charge >= 0.3 is 5.97 Å². The van der Waals surface area contributed by atoms with E-state index in [-0.39, 0.29) is 11.2 Å². The SMILES string of the molecule is CC(C(=O)O)N(C)S(=O)(=O)CC(C)(C)C. The lowest BCUT2D eigenvalue weighted by Crippen LogP contribution is -2.43. The van der Waals surface area contributed by atoms with Crippen LogP contribution in [0.25, 0.3) is 0 Å². The number of sulfonamides is 1. The van der Waals surface area contributed by atoms with Gasteiger partial charge in [-0.25, -0.2) is 8.42 Å². The van der Waals surface area contributed by atoms with Gasteiger partial charge in [0.05, 0.1) is 5.75 Å². The van der Waals surface area contributed by atoms with Crippen LogP contribution in [0.4, 0.5) is 0 Å². The van der Waals surface area contributed by atoms with Crippen molar-refractivity contribution in [2.24, 2.45) is 5.41 Å². The van der Waals surface area contributed by atoms with Crippen molar-refractivity contribution in [1.29, 1.82) is 0 Å². The van der Waals surface area contributed by atoms with E-state index in [4.69, 9.17) is 5.11 Å². The van der Waals surface area contributed by atoms with E-state index < -0.39 is 22.0 Å². The number of rotatable bonds is 4. The average molecular weight is 237 g/mol. The quantitative estimate of drug-likeness (QED) is 0.783. The van der Waals surface area contributed by atoms with Crippen molar-refractivity contribution in [3.8, 4) is 0 Å². The summed E-state index contributed by atoms with van der Waals surface area (Å²) in [6, 6.07) is -1.03. The predicted molar refractivity (Wildman–Crippen MR) is 58.1 cm³/mol. The molecule has 0 fully saturated rings. The molecule has 0 saturated heterocycles. The van der Waals surface area contributed by atoms with Gasteiger partial charge in [-0.15, -0.1) is 0 Å². The summed E-state index contributed by atoms with van der Waals surface area (Å²) in [6.45, 7) is 6.74. The fourth-order valence-corrected chi connectivity index (χ4v) is 2.92. The van der Waals surface area contributed by atoms with Gasteiger partial charge in [0.15, 0.2) is 0 Å². The molecule has 0 aliphatic rings. The van der Waals surface area contributed by atoms with Gasteiger partial charge in [-0.3, -0.25) is 4.79 Å². The largest absolute Gasteiger partial charge is 0.480 e. The number of hydrogen-bond acceptors (Lipinski definition) is 3. The lowest BCUT2D eigenvalue weighted by Gasteiger charge is -2.25. The number of hydrogen-bond donors (Lipinski definition) is 1. The Morgan fingerprint density at radius 1 is 1.40 bits per heavy atom. The number of nitrogens with zero attached hydrogens (tertiary/aromatic N) is 1. The monoisotopic (exact) mass is 237 g/mol. The third-order valence-electron chi connectivity index (χ3n) is 1.96. The van der Waals surface area contributed by atoms with Gasteiger partial charge in [0.25, 0.3) is 0 Å². The number of likely N-dealkylation sites (N-methyl/N-ethyl adjacent to an activating group) is 1. The van der Waals surface area contributed by atoms with Crippen molar-refractivity contribution in [2.45, 2.75) is 33.7 Å². The van der Waals surface area contributed by atoms with Gasteiger partial charge in [0.1, 0.15) is 6.04 Å². The first-order chi connectivity index (χ1) is 6.47. The van der Waals surface area contributed by atoms with Gasteiger partial charge in [-0.05, 0) is 12.3 Å². The van der Waals surface area contributed by atoms with Crippen LogP contribution in [-0.2, 0) is 14.8 Å². The summed E-state index contributed by atoms with van der Waals surface area (Å²) in [4.78, 5) is 10.6. The highest BCUT2D eigenvalue weighted by molar-refractivity contribution is 7.89. The normalized spacial score (nSPS) is 15.3. The van der Waals surface area contributed by atoms with Crippen LogP contribution >= 0.6 is 0 Å². The number of aliphatic carboxylic acids is 1. The lowest BCUT2D eigenvalue weighted by atomic mass is 10.0. The molecule has 0 aromatic carbocycles. The Balaban J connectivity index is 4.83. The maximum Gasteiger partial charge on any atom is 0.321 e. The summed E-state index contributed by atoms with van der Waals surface area (Å²) in [6.07, 6.45) is 0. The summed E-state index contributed by atoms with van der Waals surface area (Å²) >= 11 is 0. The van der Waals surface area contributed by atoms with E-state index >= 15 is 0 Å². The van der Waals surface area contributed by atoms with E-state index in [1.807, 2.05) is 0 Å². The van der Waals surface area contributed by atoms with E-state index in [9.17, 15) is 13.2 Å². The van der Waals surface area contributed by atoms with Crippen LogP contribution in [0.5, 0.6) is 0 Å². The molecule has 90 valence electrons. The predicted octanol–water partition coefficient (Wildman–Crippen LogP) is 0.767. The van der Waals surface area contributed by atoms with Gasteiger partial charge < -0.3 is 5.11 Å². The zero-order valence-corrected chi connectivity index (χ0v) is 10.6. The Kier molecular flexibility index (Phi) is 4.30. The van der Waals surface area contributed by atoms with Crippen LogP contribution in [0.2, 0.25) is 0 Å². The highest BCUT2D eigenvalue weighted by Gasteiger charge is 2.31. The maximum atomic E-state index is 11.8. The maximum absolute atomic E-state index is 11.8. The van der Waals surface area contributed by atoms with Crippen LogP contribution in [0.15, 0.2) is 0 Å². The molecule has 0 bridgehead atoms. The topological polar surface area (TPSA) is 74.7 Å². The number of carbonyl (C=O) groups is 1. The highest BCUT2D eigenvalue weighted by Crippen LogP contribution is 2.19. The molecule has 0 amide bonds. The Bertz CT molecular complexity index is 329. The van der Waals surface area contributed by atoms with Gasteiger partial charge in [0.2, 0.25) is 10.0 Å². The molecule has 0 heterocycles. The molecule has 0 rings (SSSR count). The molecule has 5 nitrogen and oxygen atoms in total.